The van der Waals surface area contributed by atoms with E-state index in [0.29, 0.717) is 19.6 Å². The summed E-state index contributed by atoms with van der Waals surface area (Å²) in [6, 6.07) is 4.37. The number of hydrogen-bond donors (Lipinski definition) is 1. The summed E-state index contributed by atoms with van der Waals surface area (Å²) in [4.78, 5) is 15.0. The Balaban J connectivity index is 1.62. The fourth-order valence-corrected chi connectivity index (χ4v) is 6.19. The second kappa shape index (κ2) is 9.60. The Morgan fingerprint density at radius 3 is 2.56 bits per heavy atom. The molecule has 0 unspecified atom stereocenters. The van der Waals surface area contributed by atoms with Crippen LogP contribution in [0.3, 0.4) is 0 Å². The third-order valence-corrected chi connectivity index (χ3v) is 8.09. The number of likely N-dealkylation sites (tertiary alicyclic amines) is 1. The predicted octanol–water partition coefficient (Wildman–Crippen LogP) is 2.29. The summed E-state index contributed by atoms with van der Waals surface area (Å²) < 4.78 is 27.1. The number of carbonyl (C=O) groups is 1. The Hall–Kier alpha value is -0.800. The van der Waals surface area contributed by atoms with Crippen molar-refractivity contribution in [2.45, 2.75) is 24.2 Å². The second-order valence-electron chi connectivity index (χ2n) is 6.82. The van der Waals surface area contributed by atoms with Gasteiger partial charge in [0.2, 0.25) is 10.0 Å². The smallest absolute Gasteiger partial charge is 0.252 e. The molecule has 2 heterocycles. The second-order valence-corrected chi connectivity index (χ2v) is 10.4. The Kier molecular flexibility index (Phi) is 7.44. The van der Waals surface area contributed by atoms with Crippen LogP contribution in [0.25, 0.3) is 0 Å². The lowest BCUT2D eigenvalue weighted by Crippen LogP contribution is -2.38. The van der Waals surface area contributed by atoms with Crippen LogP contribution in [0.5, 0.6) is 0 Å². The molecule has 6 nitrogen and oxygen atoms in total. The first-order chi connectivity index (χ1) is 13.0. The number of sulfonamides is 1. The van der Waals surface area contributed by atoms with Gasteiger partial charge in [0, 0.05) is 31.1 Å². The number of rotatable bonds is 7. The molecule has 0 aliphatic carbocycles. The van der Waals surface area contributed by atoms with Gasteiger partial charge in [0.1, 0.15) is 0 Å². The molecule has 0 aromatic heterocycles. The van der Waals surface area contributed by atoms with Gasteiger partial charge in [-0.2, -0.15) is 16.1 Å². The lowest BCUT2D eigenvalue weighted by molar-refractivity contribution is 0.0952. The molecule has 2 aliphatic rings. The molecular weight excluding hydrogens is 406 g/mol. The first-order valence-electron chi connectivity index (χ1n) is 9.36. The van der Waals surface area contributed by atoms with E-state index in [1.807, 2.05) is 0 Å². The number of thioether (sulfide) groups is 1. The van der Waals surface area contributed by atoms with E-state index in [1.54, 1.807) is 11.8 Å². The summed E-state index contributed by atoms with van der Waals surface area (Å²) in [5.74, 6) is 1.25. The molecule has 0 saturated carbocycles. The summed E-state index contributed by atoms with van der Waals surface area (Å²) in [6.07, 6.45) is 3.37. The van der Waals surface area contributed by atoms with E-state index in [0.717, 1.165) is 37.6 Å². The van der Waals surface area contributed by atoms with Gasteiger partial charge in [-0.3, -0.25) is 4.79 Å². The highest BCUT2D eigenvalue weighted by Crippen LogP contribution is 2.25. The molecule has 0 radical (unpaired) electrons. The quantitative estimate of drug-likeness (QED) is 0.671. The van der Waals surface area contributed by atoms with Crippen molar-refractivity contribution >= 4 is 39.3 Å². The van der Waals surface area contributed by atoms with Gasteiger partial charge in [0.25, 0.3) is 5.91 Å². The molecule has 3 rings (SSSR count). The Morgan fingerprint density at radius 2 is 1.85 bits per heavy atom. The summed E-state index contributed by atoms with van der Waals surface area (Å²) in [5, 5.41) is 3.12. The standard InChI is InChI=1S/C18H26ClN3O3S2/c19-17-5-4-15(27(24,25)22-10-12-26-13-11-22)14-16(17)18(23)20-6-3-9-21-7-1-2-8-21/h4-5,14H,1-3,6-13H2,(H,20,23). The molecule has 1 aromatic rings. The van der Waals surface area contributed by atoms with E-state index in [2.05, 4.69) is 10.2 Å². The van der Waals surface area contributed by atoms with Crippen molar-refractivity contribution in [3.05, 3.63) is 28.8 Å². The number of benzene rings is 1. The topological polar surface area (TPSA) is 69.7 Å². The molecule has 2 aliphatic heterocycles. The summed E-state index contributed by atoms with van der Waals surface area (Å²) in [6.45, 7) is 4.77. The predicted molar refractivity (Wildman–Crippen MR) is 110 cm³/mol. The van der Waals surface area contributed by atoms with Gasteiger partial charge in [-0.05, 0) is 57.1 Å². The van der Waals surface area contributed by atoms with Gasteiger partial charge in [-0.15, -0.1) is 0 Å². The average Bonchev–Trinajstić information content (AvgIpc) is 3.19. The molecule has 9 heteroatoms. The van der Waals surface area contributed by atoms with E-state index < -0.39 is 10.0 Å². The van der Waals surface area contributed by atoms with Gasteiger partial charge in [-0.25, -0.2) is 8.42 Å². The summed E-state index contributed by atoms with van der Waals surface area (Å²) in [5.41, 5.74) is 0.213. The van der Waals surface area contributed by atoms with Crippen molar-refractivity contribution in [1.82, 2.24) is 14.5 Å². The van der Waals surface area contributed by atoms with Crippen molar-refractivity contribution < 1.29 is 13.2 Å². The zero-order valence-corrected chi connectivity index (χ0v) is 17.7. The third kappa shape index (κ3) is 5.38. The van der Waals surface area contributed by atoms with Crippen LogP contribution >= 0.6 is 23.4 Å². The molecule has 1 amide bonds. The molecule has 27 heavy (non-hydrogen) atoms. The summed E-state index contributed by atoms with van der Waals surface area (Å²) in [7, 11) is -3.60. The molecule has 150 valence electrons. The van der Waals surface area contributed by atoms with E-state index in [-0.39, 0.29) is 21.4 Å². The zero-order chi connectivity index (χ0) is 19.3. The minimum atomic E-state index is -3.60. The van der Waals surface area contributed by atoms with Gasteiger partial charge in [0.05, 0.1) is 15.5 Å². The van der Waals surface area contributed by atoms with Crippen LogP contribution in [-0.2, 0) is 10.0 Å². The maximum Gasteiger partial charge on any atom is 0.252 e. The maximum absolute atomic E-state index is 12.8. The van der Waals surface area contributed by atoms with Gasteiger partial charge in [0.15, 0.2) is 0 Å². The molecule has 2 saturated heterocycles. The van der Waals surface area contributed by atoms with E-state index >= 15 is 0 Å². The number of nitrogens with one attached hydrogen (secondary N) is 1. The fraction of sp³-hybridized carbons (Fsp3) is 0.611. The first-order valence-corrected chi connectivity index (χ1v) is 12.3. The molecule has 1 aromatic carbocycles. The normalized spacial score (nSPS) is 19.3. The van der Waals surface area contributed by atoms with Crippen molar-refractivity contribution in [3.8, 4) is 0 Å². The lowest BCUT2D eigenvalue weighted by atomic mass is 10.2. The van der Waals surface area contributed by atoms with Crippen LogP contribution in [0.1, 0.15) is 29.6 Å². The minimum absolute atomic E-state index is 0.126. The molecular formula is C18H26ClN3O3S2. The highest BCUT2D eigenvalue weighted by atomic mass is 35.5. The summed E-state index contributed by atoms with van der Waals surface area (Å²) >= 11 is 7.91. The number of nitrogens with zero attached hydrogens (tertiary/aromatic N) is 2. The van der Waals surface area contributed by atoms with Gasteiger partial charge in [-0.1, -0.05) is 11.6 Å². The first kappa shape index (κ1) is 20.9. The maximum atomic E-state index is 12.8. The van der Waals surface area contributed by atoms with Crippen LogP contribution < -0.4 is 5.32 Å². The van der Waals surface area contributed by atoms with E-state index in [4.69, 9.17) is 11.6 Å². The Bertz CT molecular complexity index is 761. The fourth-order valence-electron chi connectivity index (χ4n) is 3.38. The van der Waals surface area contributed by atoms with Crippen LogP contribution in [0.2, 0.25) is 5.02 Å². The van der Waals surface area contributed by atoms with Crippen LogP contribution in [-0.4, -0.2) is 74.3 Å². The van der Waals surface area contributed by atoms with Crippen molar-refractivity contribution in [2.75, 3.05) is 50.8 Å². The van der Waals surface area contributed by atoms with Crippen molar-refractivity contribution in [1.29, 1.82) is 0 Å². The molecule has 0 atom stereocenters. The van der Waals surface area contributed by atoms with Crippen LogP contribution in [0.15, 0.2) is 23.1 Å². The van der Waals surface area contributed by atoms with Gasteiger partial charge < -0.3 is 10.2 Å². The number of amides is 1. The Labute approximate surface area is 170 Å². The zero-order valence-electron chi connectivity index (χ0n) is 15.3. The number of hydrogen-bond acceptors (Lipinski definition) is 5. The largest absolute Gasteiger partial charge is 0.352 e. The van der Waals surface area contributed by atoms with Gasteiger partial charge >= 0.3 is 0 Å². The van der Waals surface area contributed by atoms with E-state index in [9.17, 15) is 13.2 Å². The van der Waals surface area contributed by atoms with E-state index in [1.165, 1.54) is 35.3 Å². The van der Waals surface area contributed by atoms with Crippen molar-refractivity contribution in [2.24, 2.45) is 0 Å². The molecule has 0 bridgehead atoms. The monoisotopic (exact) mass is 431 g/mol. The molecule has 0 spiro atoms. The lowest BCUT2D eigenvalue weighted by Gasteiger charge is -2.25. The van der Waals surface area contributed by atoms with Crippen LogP contribution in [0.4, 0.5) is 0 Å². The number of carbonyl (C=O) groups excluding carboxylic acids is 1. The Morgan fingerprint density at radius 1 is 1.15 bits per heavy atom. The third-order valence-electron chi connectivity index (χ3n) is 4.93. The molecule has 1 N–H and O–H groups in total. The average molecular weight is 432 g/mol. The van der Waals surface area contributed by atoms with Crippen molar-refractivity contribution in [3.63, 3.8) is 0 Å². The minimum Gasteiger partial charge on any atom is -0.352 e. The highest BCUT2D eigenvalue weighted by molar-refractivity contribution is 7.99. The highest BCUT2D eigenvalue weighted by Gasteiger charge is 2.27. The number of halogens is 1. The molecule has 2 fully saturated rings. The SMILES string of the molecule is O=C(NCCCN1CCCC1)c1cc(S(=O)(=O)N2CCSCC2)ccc1Cl. The van der Waals surface area contributed by atoms with Crippen LogP contribution in [0, 0.1) is 0 Å².